The van der Waals surface area contributed by atoms with Gasteiger partial charge in [-0.2, -0.15) is 5.10 Å². The standard InChI is InChI=1S/C13H8ClFN4O/c14-8-2-3-10(15)11(6-8)18-13(20)9-7-17-19-5-1-4-16-12(9)19/h1-7H,(H,18,20). The van der Waals surface area contributed by atoms with Crippen LogP contribution in [0.4, 0.5) is 10.1 Å². The van der Waals surface area contributed by atoms with Crippen molar-refractivity contribution in [1.82, 2.24) is 14.6 Å². The lowest BCUT2D eigenvalue weighted by atomic mass is 10.2. The predicted molar refractivity (Wildman–Crippen MR) is 72.4 cm³/mol. The Morgan fingerprint density at radius 3 is 3.10 bits per heavy atom. The number of carbonyl (C=O) groups excluding carboxylic acids is 1. The first-order chi connectivity index (χ1) is 9.65. The van der Waals surface area contributed by atoms with Crippen LogP contribution in [-0.2, 0) is 0 Å². The van der Waals surface area contributed by atoms with Crippen molar-refractivity contribution in [2.75, 3.05) is 5.32 Å². The molecule has 0 atom stereocenters. The lowest BCUT2D eigenvalue weighted by molar-refractivity contribution is 0.102. The first kappa shape index (κ1) is 12.6. The Morgan fingerprint density at radius 2 is 2.25 bits per heavy atom. The van der Waals surface area contributed by atoms with Crippen molar-refractivity contribution < 1.29 is 9.18 Å². The average Bonchev–Trinajstić information content (AvgIpc) is 2.87. The van der Waals surface area contributed by atoms with E-state index < -0.39 is 11.7 Å². The summed E-state index contributed by atoms with van der Waals surface area (Å²) in [6.07, 6.45) is 4.59. The normalized spacial score (nSPS) is 10.7. The number of nitrogens with one attached hydrogen (secondary N) is 1. The Hall–Kier alpha value is -2.47. The van der Waals surface area contributed by atoms with Crippen molar-refractivity contribution in [3.8, 4) is 0 Å². The van der Waals surface area contributed by atoms with E-state index in [1.165, 1.54) is 28.9 Å². The molecule has 0 saturated carbocycles. The number of amides is 1. The molecule has 3 rings (SSSR count). The van der Waals surface area contributed by atoms with Crippen LogP contribution in [0, 0.1) is 5.82 Å². The topological polar surface area (TPSA) is 59.3 Å². The van der Waals surface area contributed by atoms with Crippen LogP contribution >= 0.6 is 11.6 Å². The van der Waals surface area contributed by atoms with Crippen molar-refractivity contribution in [2.24, 2.45) is 0 Å². The summed E-state index contributed by atoms with van der Waals surface area (Å²) in [5.74, 6) is -1.06. The zero-order valence-corrected chi connectivity index (χ0v) is 10.8. The quantitative estimate of drug-likeness (QED) is 0.789. The largest absolute Gasteiger partial charge is 0.319 e. The van der Waals surface area contributed by atoms with Crippen LogP contribution in [-0.4, -0.2) is 20.5 Å². The molecule has 3 aromatic rings. The second kappa shape index (κ2) is 4.90. The summed E-state index contributed by atoms with van der Waals surface area (Å²) in [6, 6.07) is 5.63. The van der Waals surface area contributed by atoms with Crippen LogP contribution in [0.1, 0.15) is 10.4 Å². The Labute approximate surface area is 118 Å². The Morgan fingerprint density at radius 1 is 1.40 bits per heavy atom. The van der Waals surface area contributed by atoms with Gasteiger partial charge in [0.25, 0.3) is 5.91 Å². The number of rotatable bonds is 2. The lowest BCUT2D eigenvalue weighted by Crippen LogP contribution is -2.13. The molecule has 0 saturated heterocycles. The van der Waals surface area contributed by atoms with E-state index in [0.717, 1.165) is 0 Å². The SMILES string of the molecule is O=C(Nc1cc(Cl)ccc1F)c1cnn2cccnc12. The molecular formula is C13H8ClFN4O. The molecule has 0 fully saturated rings. The molecule has 1 N–H and O–H groups in total. The van der Waals surface area contributed by atoms with E-state index in [1.54, 1.807) is 18.5 Å². The van der Waals surface area contributed by atoms with Gasteiger partial charge in [-0.25, -0.2) is 13.9 Å². The average molecular weight is 291 g/mol. The molecule has 1 amide bonds. The van der Waals surface area contributed by atoms with Gasteiger partial charge in [0.1, 0.15) is 11.4 Å². The molecule has 0 unspecified atom stereocenters. The number of anilines is 1. The van der Waals surface area contributed by atoms with Gasteiger partial charge in [0.2, 0.25) is 0 Å². The van der Waals surface area contributed by atoms with Gasteiger partial charge in [-0.1, -0.05) is 11.6 Å². The van der Waals surface area contributed by atoms with E-state index >= 15 is 0 Å². The van der Waals surface area contributed by atoms with Crippen LogP contribution in [0.15, 0.2) is 42.9 Å². The maximum absolute atomic E-state index is 13.6. The van der Waals surface area contributed by atoms with E-state index in [2.05, 4.69) is 15.4 Å². The molecule has 7 heteroatoms. The van der Waals surface area contributed by atoms with Crippen LogP contribution < -0.4 is 5.32 Å². The van der Waals surface area contributed by atoms with Gasteiger partial charge in [0, 0.05) is 17.4 Å². The van der Waals surface area contributed by atoms with E-state index in [1.807, 2.05) is 0 Å². The zero-order valence-electron chi connectivity index (χ0n) is 10.0. The number of nitrogens with zero attached hydrogens (tertiary/aromatic N) is 3. The predicted octanol–water partition coefficient (Wildman–Crippen LogP) is 2.77. The van der Waals surface area contributed by atoms with Crippen molar-refractivity contribution in [1.29, 1.82) is 0 Å². The Balaban J connectivity index is 1.95. The van der Waals surface area contributed by atoms with Crippen LogP contribution in [0.3, 0.4) is 0 Å². The van der Waals surface area contributed by atoms with Gasteiger partial charge in [-0.3, -0.25) is 4.79 Å². The monoisotopic (exact) mass is 290 g/mol. The molecular weight excluding hydrogens is 283 g/mol. The molecule has 2 aromatic heterocycles. The highest BCUT2D eigenvalue weighted by atomic mass is 35.5. The highest BCUT2D eigenvalue weighted by Crippen LogP contribution is 2.20. The van der Waals surface area contributed by atoms with Gasteiger partial charge in [0.05, 0.1) is 11.9 Å². The Bertz CT molecular complexity index is 802. The van der Waals surface area contributed by atoms with E-state index in [-0.39, 0.29) is 11.3 Å². The number of halogens is 2. The van der Waals surface area contributed by atoms with Gasteiger partial charge in [-0.15, -0.1) is 0 Å². The molecule has 5 nitrogen and oxygen atoms in total. The fraction of sp³-hybridized carbons (Fsp3) is 0. The summed E-state index contributed by atoms with van der Waals surface area (Å²) in [5.41, 5.74) is 0.662. The number of hydrogen-bond donors (Lipinski definition) is 1. The molecule has 0 aliphatic heterocycles. The van der Waals surface area contributed by atoms with E-state index in [9.17, 15) is 9.18 Å². The zero-order chi connectivity index (χ0) is 14.1. The number of carbonyl (C=O) groups is 1. The third-order valence-corrected chi connectivity index (χ3v) is 2.94. The molecule has 0 aliphatic rings. The third kappa shape index (κ3) is 2.21. The van der Waals surface area contributed by atoms with Crippen molar-refractivity contribution >= 4 is 28.8 Å². The highest BCUT2D eigenvalue weighted by molar-refractivity contribution is 6.31. The highest BCUT2D eigenvalue weighted by Gasteiger charge is 2.15. The first-order valence-electron chi connectivity index (χ1n) is 5.70. The Kier molecular flexibility index (Phi) is 3.08. The second-order valence-corrected chi connectivity index (χ2v) is 4.46. The number of hydrogen-bond acceptors (Lipinski definition) is 3. The van der Waals surface area contributed by atoms with Crippen molar-refractivity contribution in [2.45, 2.75) is 0 Å². The third-order valence-electron chi connectivity index (χ3n) is 2.70. The smallest absolute Gasteiger partial charge is 0.261 e. The number of benzene rings is 1. The minimum atomic E-state index is -0.563. The molecule has 20 heavy (non-hydrogen) atoms. The summed E-state index contributed by atoms with van der Waals surface area (Å²) >= 11 is 5.77. The van der Waals surface area contributed by atoms with Gasteiger partial charge < -0.3 is 5.32 Å². The van der Waals surface area contributed by atoms with Gasteiger partial charge in [0.15, 0.2) is 5.65 Å². The van der Waals surface area contributed by atoms with Crippen molar-refractivity contribution in [3.63, 3.8) is 0 Å². The summed E-state index contributed by atoms with van der Waals surface area (Å²) < 4.78 is 15.0. The van der Waals surface area contributed by atoms with Crippen molar-refractivity contribution in [3.05, 3.63) is 59.3 Å². The maximum Gasteiger partial charge on any atom is 0.261 e. The second-order valence-electron chi connectivity index (χ2n) is 4.02. The van der Waals surface area contributed by atoms with Gasteiger partial charge in [-0.05, 0) is 24.3 Å². The maximum atomic E-state index is 13.6. The summed E-state index contributed by atoms with van der Waals surface area (Å²) in [5, 5.41) is 6.78. The van der Waals surface area contributed by atoms with E-state index in [0.29, 0.717) is 10.7 Å². The summed E-state index contributed by atoms with van der Waals surface area (Å²) in [7, 11) is 0. The fourth-order valence-corrected chi connectivity index (χ4v) is 1.94. The molecule has 2 heterocycles. The molecule has 0 spiro atoms. The number of aromatic nitrogens is 3. The van der Waals surface area contributed by atoms with Crippen LogP contribution in [0.5, 0.6) is 0 Å². The minimum Gasteiger partial charge on any atom is -0.319 e. The van der Waals surface area contributed by atoms with Gasteiger partial charge >= 0.3 is 0 Å². The fourth-order valence-electron chi connectivity index (χ4n) is 1.77. The molecule has 1 aromatic carbocycles. The van der Waals surface area contributed by atoms with Crippen LogP contribution in [0.25, 0.3) is 5.65 Å². The minimum absolute atomic E-state index is 0.0118. The van der Waals surface area contributed by atoms with E-state index in [4.69, 9.17) is 11.6 Å². The lowest BCUT2D eigenvalue weighted by Gasteiger charge is -2.05. The summed E-state index contributed by atoms with van der Waals surface area (Å²) in [6.45, 7) is 0. The van der Waals surface area contributed by atoms with Crippen LogP contribution in [0.2, 0.25) is 5.02 Å². The molecule has 0 radical (unpaired) electrons. The summed E-state index contributed by atoms with van der Waals surface area (Å²) in [4.78, 5) is 16.2. The molecule has 0 bridgehead atoms. The number of fused-ring (bicyclic) bond motifs is 1. The molecule has 0 aliphatic carbocycles. The molecule has 100 valence electrons. The first-order valence-corrected chi connectivity index (χ1v) is 6.08.